The van der Waals surface area contributed by atoms with E-state index < -0.39 is 17.7 Å². The summed E-state index contributed by atoms with van der Waals surface area (Å²) in [5.74, 6) is 0.102. The maximum atomic E-state index is 12.5. The van der Waals surface area contributed by atoms with E-state index in [0.717, 1.165) is 10.6 Å². The van der Waals surface area contributed by atoms with Gasteiger partial charge in [-0.15, -0.1) is 0 Å². The van der Waals surface area contributed by atoms with Crippen molar-refractivity contribution in [3.63, 3.8) is 0 Å². The number of nitrogens with zero attached hydrogens (tertiary/aromatic N) is 3. The molecule has 0 saturated carbocycles. The van der Waals surface area contributed by atoms with Crippen LogP contribution in [0.15, 0.2) is 35.3 Å². The van der Waals surface area contributed by atoms with Crippen LogP contribution >= 0.6 is 0 Å². The minimum atomic E-state index is -0.724. The first-order chi connectivity index (χ1) is 11.2. The first-order valence-electron chi connectivity index (χ1n) is 7.68. The molecule has 1 aliphatic heterocycles. The molecular formula is C17H23N3O4. The van der Waals surface area contributed by atoms with Crippen LogP contribution in [0, 0.1) is 0 Å². The van der Waals surface area contributed by atoms with Gasteiger partial charge in [-0.2, -0.15) is 0 Å². The third-order valence-corrected chi connectivity index (χ3v) is 3.40. The lowest BCUT2D eigenvalue weighted by Gasteiger charge is -2.25. The molecule has 1 aromatic carbocycles. The summed E-state index contributed by atoms with van der Waals surface area (Å²) < 4.78 is 5.44. The summed E-state index contributed by atoms with van der Waals surface area (Å²) >= 11 is 0. The van der Waals surface area contributed by atoms with Gasteiger partial charge in [0.2, 0.25) is 0 Å². The van der Waals surface area contributed by atoms with Crippen molar-refractivity contribution < 1.29 is 19.2 Å². The molecule has 0 fully saturated rings. The fourth-order valence-electron chi connectivity index (χ4n) is 2.25. The quantitative estimate of drug-likeness (QED) is 0.794. The highest BCUT2D eigenvalue weighted by Gasteiger charge is 2.38. The van der Waals surface area contributed by atoms with E-state index in [0.29, 0.717) is 5.84 Å². The molecule has 0 aromatic heterocycles. The fraction of sp³-hybridized carbons (Fsp3) is 0.471. The highest BCUT2D eigenvalue weighted by molar-refractivity contribution is 6.09. The maximum absolute atomic E-state index is 12.5. The molecule has 1 heterocycles. The number of benzene rings is 1. The van der Waals surface area contributed by atoms with Crippen LogP contribution in [0.3, 0.4) is 0 Å². The van der Waals surface area contributed by atoms with E-state index >= 15 is 0 Å². The second-order valence-corrected chi connectivity index (χ2v) is 6.44. The Kier molecular flexibility index (Phi) is 5.23. The largest absolute Gasteiger partial charge is 0.443 e. The van der Waals surface area contributed by atoms with E-state index in [9.17, 15) is 9.59 Å². The Morgan fingerprint density at radius 3 is 2.42 bits per heavy atom. The van der Waals surface area contributed by atoms with Gasteiger partial charge in [-0.3, -0.25) is 19.5 Å². The SMILES string of the molecule is CON(C)C(=O)C1CN(C(=O)OC(C)(C)C)C(c2ccccc2)=N1. The number of rotatable bonds is 3. The maximum Gasteiger partial charge on any atom is 0.416 e. The molecule has 7 nitrogen and oxygen atoms in total. The lowest BCUT2D eigenvalue weighted by Crippen LogP contribution is -2.43. The smallest absolute Gasteiger partial charge is 0.416 e. The number of likely N-dealkylation sites (N-methyl/N-ethyl adjacent to an activating group) is 1. The van der Waals surface area contributed by atoms with Gasteiger partial charge < -0.3 is 4.74 Å². The second-order valence-electron chi connectivity index (χ2n) is 6.44. The third-order valence-electron chi connectivity index (χ3n) is 3.40. The van der Waals surface area contributed by atoms with Gasteiger partial charge in [0, 0.05) is 12.6 Å². The van der Waals surface area contributed by atoms with Crippen molar-refractivity contribution in [2.45, 2.75) is 32.4 Å². The van der Waals surface area contributed by atoms with E-state index in [1.54, 1.807) is 20.8 Å². The summed E-state index contributed by atoms with van der Waals surface area (Å²) in [7, 11) is 2.91. The van der Waals surface area contributed by atoms with Gasteiger partial charge in [0.25, 0.3) is 5.91 Å². The zero-order chi connectivity index (χ0) is 17.9. The Bertz CT molecular complexity index is 637. The average Bonchev–Trinajstić information content (AvgIpc) is 2.98. The monoisotopic (exact) mass is 333 g/mol. The van der Waals surface area contributed by atoms with Gasteiger partial charge in [-0.05, 0) is 20.8 Å². The van der Waals surface area contributed by atoms with Crippen LogP contribution in [0.25, 0.3) is 0 Å². The molecule has 1 unspecified atom stereocenters. The summed E-state index contributed by atoms with van der Waals surface area (Å²) in [6.45, 7) is 5.50. The van der Waals surface area contributed by atoms with Gasteiger partial charge in [-0.25, -0.2) is 9.86 Å². The highest BCUT2D eigenvalue weighted by Crippen LogP contribution is 2.20. The van der Waals surface area contributed by atoms with Gasteiger partial charge in [0.1, 0.15) is 11.4 Å². The third kappa shape index (κ3) is 4.11. The van der Waals surface area contributed by atoms with Gasteiger partial charge in [0.15, 0.2) is 6.04 Å². The number of hydrogen-bond acceptors (Lipinski definition) is 5. The summed E-state index contributed by atoms with van der Waals surface area (Å²) in [6, 6.07) is 8.52. The van der Waals surface area contributed by atoms with Crippen molar-refractivity contribution in [2.24, 2.45) is 4.99 Å². The van der Waals surface area contributed by atoms with E-state index in [-0.39, 0.29) is 12.5 Å². The number of amidine groups is 1. The van der Waals surface area contributed by atoms with Crippen molar-refractivity contribution >= 4 is 17.8 Å². The fourth-order valence-corrected chi connectivity index (χ4v) is 2.25. The molecule has 24 heavy (non-hydrogen) atoms. The number of hydroxylamine groups is 2. The standard InChI is InChI=1S/C17H23N3O4/c1-17(2,3)24-16(22)20-11-13(15(21)19(4)23-5)18-14(20)12-9-7-6-8-10-12/h6-10,13H,11H2,1-5H3. The number of aliphatic imine (C=N–C) groups is 1. The van der Waals surface area contributed by atoms with Crippen LogP contribution in [-0.2, 0) is 14.4 Å². The molecule has 0 N–H and O–H groups in total. The Labute approximate surface area is 141 Å². The Hall–Kier alpha value is -2.41. The van der Waals surface area contributed by atoms with Crippen molar-refractivity contribution in [3.8, 4) is 0 Å². The minimum absolute atomic E-state index is 0.117. The van der Waals surface area contributed by atoms with Crippen LogP contribution < -0.4 is 0 Å². The Balaban J connectivity index is 2.31. The molecule has 1 aliphatic rings. The summed E-state index contributed by atoms with van der Waals surface area (Å²) in [6.07, 6.45) is -0.527. The number of carbonyl (C=O) groups excluding carboxylic acids is 2. The zero-order valence-electron chi connectivity index (χ0n) is 14.6. The molecule has 1 aromatic rings. The summed E-state index contributed by atoms with van der Waals surface area (Å²) in [4.78, 5) is 35.6. The van der Waals surface area contributed by atoms with Crippen molar-refractivity contribution in [3.05, 3.63) is 35.9 Å². The highest BCUT2D eigenvalue weighted by atomic mass is 16.7. The van der Waals surface area contributed by atoms with Crippen LogP contribution in [0.5, 0.6) is 0 Å². The molecule has 1 atom stereocenters. The molecule has 0 spiro atoms. The van der Waals surface area contributed by atoms with Crippen molar-refractivity contribution in [2.75, 3.05) is 20.7 Å². The van der Waals surface area contributed by atoms with Gasteiger partial charge >= 0.3 is 6.09 Å². The second kappa shape index (κ2) is 7.00. The molecule has 2 amide bonds. The van der Waals surface area contributed by atoms with Crippen LogP contribution in [0.1, 0.15) is 26.3 Å². The summed E-state index contributed by atoms with van der Waals surface area (Å²) in [5, 5.41) is 1.11. The number of ether oxygens (including phenoxy) is 1. The number of carbonyl (C=O) groups is 2. The topological polar surface area (TPSA) is 71.4 Å². The van der Waals surface area contributed by atoms with Crippen molar-refractivity contribution in [1.82, 2.24) is 9.96 Å². The van der Waals surface area contributed by atoms with E-state index in [1.807, 2.05) is 30.3 Å². The summed E-state index contributed by atoms with van der Waals surface area (Å²) in [5.41, 5.74) is 0.114. The molecule has 130 valence electrons. The molecule has 2 rings (SSSR count). The molecule has 7 heteroatoms. The molecule has 0 saturated heterocycles. The van der Waals surface area contributed by atoms with Crippen LogP contribution in [0.4, 0.5) is 4.79 Å². The molecule has 0 bridgehead atoms. The Morgan fingerprint density at radius 2 is 1.88 bits per heavy atom. The van der Waals surface area contributed by atoms with Gasteiger partial charge in [-0.1, -0.05) is 30.3 Å². The van der Waals surface area contributed by atoms with E-state index in [4.69, 9.17) is 9.57 Å². The first-order valence-corrected chi connectivity index (χ1v) is 7.68. The average molecular weight is 333 g/mol. The lowest BCUT2D eigenvalue weighted by molar-refractivity contribution is -0.169. The normalized spacial score (nSPS) is 17.5. The lowest BCUT2D eigenvalue weighted by atomic mass is 10.2. The minimum Gasteiger partial charge on any atom is -0.443 e. The predicted molar refractivity (Wildman–Crippen MR) is 89.5 cm³/mol. The van der Waals surface area contributed by atoms with E-state index in [2.05, 4.69) is 4.99 Å². The Morgan fingerprint density at radius 1 is 1.25 bits per heavy atom. The predicted octanol–water partition coefficient (Wildman–Crippen LogP) is 2.07. The number of amides is 2. The van der Waals surface area contributed by atoms with E-state index in [1.165, 1.54) is 19.1 Å². The van der Waals surface area contributed by atoms with Gasteiger partial charge in [0.05, 0.1) is 13.7 Å². The first kappa shape index (κ1) is 17.9. The van der Waals surface area contributed by atoms with Crippen LogP contribution in [-0.4, -0.2) is 60.1 Å². The molecule has 0 radical (unpaired) electrons. The number of hydrogen-bond donors (Lipinski definition) is 0. The zero-order valence-corrected chi connectivity index (χ0v) is 14.6. The van der Waals surface area contributed by atoms with Crippen LogP contribution in [0.2, 0.25) is 0 Å². The molecule has 0 aliphatic carbocycles. The van der Waals surface area contributed by atoms with Crippen molar-refractivity contribution in [1.29, 1.82) is 0 Å². The molecular weight excluding hydrogens is 310 g/mol.